The normalized spacial score (nSPS) is 11.3. The molecule has 1 aromatic carbocycles. The van der Waals surface area contributed by atoms with E-state index in [1.54, 1.807) is 17.6 Å². The number of benzene rings is 1. The van der Waals surface area contributed by atoms with Crippen LogP contribution in [0.5, 0.6) is 0 Å². The second kappa shape index (κ2) is 9.24. The highest BCUT2D eigenvalue weighted by molar-refractivity contribution is 14.0. The van der Waals surface area contributed by atoms with Gasteiger partial charge in [-0.3, -0.25) is 0 Å². The molecule has 0 spiro atoms. The average molecular weight is 477 g/mol. The molecule has 2 aromatic heterocycles. The van der Waals surface area contributed by atoms with Gasteiger partial charge in [0.15, 0.2) is 5.96 Å². The number of hydrogen-bond donors (Lipinski definition) is 2. The van der Waals surface area contributed by atoms with Gasteiger partial charge in [0.25, 0.3) is 0 Å². The summed E-state index contributed by atoms with van der Waals surface area (Å²) in [5.41, 5.74) is 0.928. The molecule has 3 rings (SSSR count). The van der Waals surface area contributed by atoms with E-state index in [0.717, 1.165) is 33.5 Å². The van der Waals surface area contributed by atoms with Crippen LogP contribution in [0.25, 0.3) is 10.2 Å². The number of thiazole rings is 1. The molecular formula is C16H18ClIN4OS. The third-order valence-electron chi connectivity index (χ3n) is 3.12. The van der Waals surface area contributed by atoms with Gasteiger partial charge in [0.2, 0.25) is 0 Å². The van der Waals surface area contributed by atoms with Crippen LogP contribution in [0.2, 0.25) is 5.02 Å². The summed E-state index contributed by atoms with van der Waals surface area (Å²) in [6.45, 7) is 3.93. The summed E-state index contributed by atoms with van der Waals surface area (Å²) in [5.74, 6) is 1.57. The number of fused-ring (bicyclic) bond motifs is 1. The number of hydrogen-bond acceptors (Lipinski definition) is 4. The zero-order chi connectivity index (χ0) is 16.1. The van der Waals surface area contributed by atoms with Gasteiger partial charge < -0.3 is 15.1 Å². The SMILES string of the molecule is CCNC(=NCc1ccco1)NCc1nc2cc(Cl)ccc2s1.I. The Morgan fingerprint density at radius 3 is 2.96 bits per heavy atom. The molecule has 0 bridgehead atoms. The lowest BCUT2D eigenvalue weighted by atomic mass is 10.3. The van der Waals surface area contributed by atoms with Crippen LogP contribution < -0.4 is 10.6 Å². The first-order chi connectivity index (χ1) is 11.2. The van der Waals surface area contributed by atoms with Crippen molar-refractivity contribution in [3.63, 3.8) is 0 Å². The third-order valence-corrected chi connectivity index (χ3v) is 4.39. The molecule has 8 heteroatoms. The maximum atomic E-state index is 6.00. The molecule has 0 aliphatic carbocycles. The molecule has 24 heavy (non-hydrogen) atoms. The minimum atomic E-state index is 0. The van der Waals surface area contributed by atoms with Crippen LogP contribution >= 0.6 is 46.9 Å². The van der Waals surface area contributed by atoms with Crippen molar-refractivity contribution in [1.82, 2.24) is 15.6 Å². The fourth-order valence-corrected chi connectivity index (χ4v) is 3.14. The minimum Gasteiger partial charge on any atom is -0.467 e. The van der Waals surface area contributed by atoms with Crippen LogP contribution in [0.3, 0.4) is 0 Å². The highest BCUT2D eigenvalue weighted by Gasteiger charge is 2.06. The molecule has 0 aliphatic rings. The van der Waals surface area contributed by atoms with E-state index >= 15 is 0 Å². The van der Waals surface area contributed by atoms with Gasteiger partial charge >= 0.3 is 0 Å². The monoisotopic (exact) mass is 476 g/mol. The Morgan fingerprint density at radius 1 is 1.33 bits per heavy atom. The standard InChI is InChI=1S/C16H17ClN4OS.HI/c1-2-18-16(19-9-12-4-3-7-22-12)20-10-15-21-13-8-11(17)5-6-14(13)23-15;/h3-8H,2,9-10H2,1H3,(H2,18,19,20);1H. The summed E-state index contributed by atoms with van der Waals surface area (Å²) in [5, 5.41) is 8.19. The van der Waals surface area contributed by atoms with Crippen molar-refractivity contribution in [2.75, 3.05) is 6.54 Å². The van der Waals surface area contributed by atoms with Gasteiger partial charge in [-0.05, 0) is 37.3 Å². The number of furan rings is 1. The number of rotatable bonds is 5. The topological polar surface area (TPSA) is 62.5 Å². The van der Waals surface area contributed by atoms with Gasteiger partial charge in [-0.2, -0.15) is 0 Å². The Kier molecular flexibility index (Phi) is 7.32. The highest BCUT2D eigenvalue weighted by atomic mass is 127. The van der Waals surface area contributed by atoms with Gasteiger partial charge in [0.1, 0.15) is 17.3 Å². The smallest absolute Gasteiger partial charge is 0.192 e. The summed E-state index contributed by atoms with van der Waals surface area (Å²) >= 11 is 7.65. The van der Waals surface area contributed by atoms with E-state index in [1.807, 2.05) is 37.3 Å². The van der Waals surface area contributed by atoms with Gasteiger partial charge in [-0.15, -0.1) is 35.3 Å². The average Bonchev–Trinajstić information content (AvgIpc) is 3.18. The van der Waals surface area contributed by atoms with Crippen LogP contribution in [0, 0.1) is 0 Å². The van der Waals surface area contributed by atoms with Crippen molar-refractivity contribution >= 4 is 63.1 Å². The van der Waals surface area contributed by atoms with Crippen LogP contribution in [0.4, 0.5) is 0 Å². The van der Waals surface area contributed by atoms with Crippen LogP contribution in [0.15, 0.2) is 46.0 Å². The summed E-state index contributed by atoms with van der Waals surface area (Å²) < 4.78 is 6.42. The molecule has 3 aromatic rings. The molecule has 2 heterocycles. The lowest BCUT2D eigenvalue weighted by Crippen LogP contribution is -2.36. The first-order valence-electron chi connectivity index (χ1n) is 7.34. The van der Waals surface area contributed by atoms with E-state index in [0.29, 0.717) is 18.1 Å². The highest BCUT2D eigenvalue weighted by Crippen LogP contribution is 2.24. The first-order valence-corrected chi connectivity index (χ1v) is 8.53. The predicted molar refractivity (Wildman–Crippen MR) is 110 cm³/mol. The first kappa shape index (κ1) is 19.0. The van der Waals surface area contributed by atoms with E-state index in [1.165, 1.54) is 0 Å². The Hall–Kier alpha value is -1.32. The maximum absolute atomic E-state index is 6.00. The third kappa shape index (κ3) is 5.09. The van der Waals surface area contributed by atoms with Crippen molar-refractivity contribution in [2.45, 2.75) is 20.0 Å². The maximum Gasteiger partial charge on any atom is 0.192 e. The number of nitrogens with zero attached hydrogens (tertiary/aromatic N) is 2. The molecule has 0 amide bonds. The fraction of sp³-hybridized carbons (Fsp3) is 0.250. The van der Waals surface area contributed by atoms with E-state index in [9.17, 15) is 0 Å². The van der Waals surface area contributed by atoms with Crippen molar-refractivity contribution in [1.29, 1.82) is 0 Å². The van der Waals surface area contributed by atoms with E-state index in [-0.39, 0.29) is 24.0 Å². The predicted octanol–water partition coefficient (Wildman–Crippen LogP) is 4.42. The van der Waals surface area contributed by atoms with Gasteiger partial charge in [0, 0.05) is 11.6 Å². The largest absolute Gasteiger partial charge is 0.467 e. The molecule has 0 saturated heterocycles. The van der Waals surface area contributed by atoms with Gasteiger partial charge in [-0.25, -0.2) is 9.98 Å². The molecule has 5 nitrogen and oxygen atoms in total. The molecule has 2 N–H and O–H groups in total. The Morgan fingerprint density at radius 2 is 2.21 bits per heavy atom. The number of aliphatic imine (C=N–C) groups is 1. The molecule has 128 valence electrons. The fourth-order valence-electron chi connectivity index (χ4n) is 2.08. The lowest BCUT2D eigenvalue weighted by Gasteiger charge is -2.09. The summed E-state index contributed by atoms with van der Waals surface area (Å²) in [4.78, 5) is 9.08. The zero-order valence-corrected chi connectivity index (χ0v) is 17.0. The summed E-state index contributed by atoms with van der Waals surface area (Å²) in [6, 6.07) is 9.53. The van der Waals surface area contributed by atoms with E-state index < -0.39 is 0 Å². The Balaban J connectivity index is 0.00000208. The van der Waals surface area contributed by atoms with Crippen LogP contribution in [0.1, 0.15) is 17.7 Å². The molecule has 0 unspecified atom stereocenters. The molecule has 0 fully saturated rings. The number of halogens is 2. The zero-order valence-electron chi connectivity index (χ0n) is 13.1. The number of guanidine groups is 1. The van der Waals surface area contributed by atoms with Crippen molar-refractivity contribution < 1.29 is 4.42 Å². The summed E-state index contributed by atoms with van der Waals surface area (Å²) in [6.07, 6.45) is 1.65. The molecule has 0 aliphatic heterocycles. The van der Waals surface area contributed by atoms with Gasteiger partial charge in [-0.1, -0.05) is 11.6 Å². The molecule has 0 radical (unpaired) electrons. The quantitative estimate of drug-likeness (QED) is 0.325. The second-order valence-electron chi connectivity index (χ2n) is 4.85. The molecular weight excluding hydrogens is 459 g/mol. The summed E-state index contributed by atoms with van der Waals surface area (Å²) in [7, 11) is 0. The number of aromatic nitrogens is 1. The van der Waals surface area contributed by atoms with Crippen LogP contribution in [-0.4, -0.2) is 17.5 Å². The van der Waals surface area contributed by atoms with E-state index in [2.05, 4.69) is 20.6 Å². The minimum absolute atomic E-state index is 0. The van der Waals surface area contributed by atoms with Gasteiger partial charge in [0.05, 0.1) is 23.0 Å². The van der Waals surface area contributed by atoms with Crippen molar-refractivity contribution in [3.05, 3.63) is 52.4 Å². The molecule has 0 saturated carbocycles. The lowest BCUT2D eigenvalue weighted by molar-refractivity contribution is 0.512. The molecule has 0 atom stereocenters. The van der Waals surface area contributed by atoms with Crippen LogP contribution in [-0.2, 0) is 13.1 Å². The Labute approximate surface area is 166 Å². The van der Waals surface area contributed by atoms with Crippen molar-refractivity contribution in [2.24, 2.45) is 4.99 Å². The number of nitrogens with one attached hydrogen (secondary N) is 2. The second-order valence-corrected chi connectivity index (χ2v) is 6.40. The van der Waals surface area contributed by atoms with E-state index in [4.69, 9.17) is 16.0 Å². The Bertz CT molecular complexity index is 804. The van der Waals surface area contributed by atoms with Crippen molar-refractivity contribution in [3.8, 4) is 0 Å².